The van der Waals surface area contributed by atoms with Gasteiger partial charge in [0.15, 0.2) is 0 Å². The van der Waals surface area contributed by atoms with Crippen molar-refractivity contribution in [3.8, 4) is 10.9 Å². The summed E-state index contributed by atoms with van der Waals surface area (Å²) >= 11 is 7.47. The Balaban J connectivity index is 1.47. The lowest BCUT2D eigenvalue weighted by atomic mass is 10.0. The Bertz CT molecular complexity index is 1250. The quantitative estimate of drug-likeness (QED) is 0.397. The fraction of sp³-hybridized carbons (Fsp3) is 0.208. The zero-order chi connectivity index (χ0) is 22.7. The molecular weight excluding hydrogens is 444 g/mol. The summed E-state index contributed by atoms with van der Waals surface area (Å²) in [7, 11) is 1.59. The molecule has 2 aromatic heterocycles. The third kappa shape index (κ3) is 5.00. The molecule has 1 amide bonds. The molecule has 8 heteroatoms. The highest BCUT2D eigenvalue weighted by molar-refractivity contribution is 7.12. The van der Waals surface area contributed by atoms with Gasteiger partial charge >= 0.3 is 0 Å². The van der Waals surface area contributed by atoms with Gasteiger partial charge in [-0.3, -0.25) is 4.79 Å². The van der Waals surface area contributed by atoms with Crippen LogP contribution in [0.3, 0.4) is 0 Å². The van der Waals surface area contributed by atoms with E-state index in [1.165, 1.54) is 22.5 Å². The fourth-order valence-electron chi connectivity index (χ4n) is 3.47. The van der Waals surface area contributed by atoms with Crippen LogP contribution in [0.15, 0.2) is 53.9 Å². The van der Waals surface area contributed by atoms with Crippen LogP contribution in [0, 0.1) is 13.8 Å². The smallest absolute Gasteiger partial charge is 0.230 e. The van der Waals surface area contributed by atoms with Crippen molar-refractivity contribution < 1.29 is 9.53 Å². The lowest BCUT2D eigenvalue weighted by Gasteiger charge is -2.06. The van der Waals surface area contributed by atoms with E-state index in [0.29, 0.717) is 17.1 Å². The van der Waals surface area contributed by atoms with E-state index in [1.54, 1.807) is 13.2 Å². The highest BCUT2D eigenvalue weighted by atomic mass is 35.5. The van der Waals surface area contributed by atoms with Crippen LogP contribution >= 0.6 is 22.9 Å². The summed E-state index contributed by atoms with van der Waals surface area (Å²) < 4.78 is 7.05. The molecule has 0 saturated heterocycles. The summed E-state index contributed by atoms with van der Waals surface area (Å²) in [6.45, 7) is 4.05. The monoisotopic (exact) mass is 466 g/mol. The first-order chi connectivity index (χ1) is 15.4. The largest absolute Gasteiger partial charge is 0.497 e. The average molecular weight is 467 g/mol. The minimum absolute atomic E-state index is 0.133. The predicted octanol–water partition coefficient (Wildman–Crippen LogP) is 5.38. The van der Waals surface area contributed by atoms with Crippen LogP contribution in [0.4, 0.5) is 5.69 Å². The Morgan fingerprint density at radius 1 is 1.19 bits per heavy atom. The van der Waals surface area contributed by atoms with Crippen LogP contribution in [0.2, 0.25) is 5.02 Å². The standard InChI is InChI=1S/C24H23ClN4O2S/c1-15-22(11-17-7-9-18(25)10-8-17)16(2)29(28-15)24-27-20(14-32-24)13-23(30)26-19-5-4-6-21(12-19)31-3/h4-10,12,14H,11,13H2,1-3H3,(H,26,30). The molecular formula is C24H23ClN4O2S. The second-order valence-corrected chi connectivity index (χ2v) is 8.72. The summed E-state index contributed by atoms with van der Waals surface area (Å²) in [5.41, 5.74) is 5.74. The van der Waals surface area contributed by atoms with E-state index in [4.69, 9.17) is 21.4 Å². The van der Waals surface area contributed by atoms with Gasteiger partial charge in [-0.25, -0.2) is 9.67 Å². The highest BCUT2D eigenvalue weighted by Gasteiger charge is 2.16. The maximum absolute atomic E-state index is 12.5. The molecule has 1 N–H and O–H groups in total. The van der Waals surface area contributed by atoms with Gasteiger partial charge in [0.25, 0.3) is 0 Å². The van der Waals surface area contributed by atoms with Crippen molar-refractivity contribution in [2.75, 3.05) is 12.4 Å². The molecule has 2 heterocycles. The summed E-state index contributed by atoms with van der Waals surface area (Å²) in [4.78, 5) is 17.1. The number of benzene rings is 2. The van der Waals surface area contributed by atoms with Crippen molar-refractivity contribution in [2.24, 2.45) is 0 Å². The number of ether oxygens (including phenoxy) is 1. The summed E-state index contributed by atoms with van der Waals surface area (Å²) in [6.07, 6.45) is 0.959. The van der Waals surface area contributed by atoms with Gasteiger partial charge in [-0.15, -0.1) is 11.3 Å². The van der Waals surface area contributed by atoms with Gasteiger partial charge in [0, 0.05) is 39.8 Å². The first-order valence-electron chi connectivity index (χ1n) is 10.1. The number of hydrogen-bond donors (Lipinski definition) is 1. The van der Waals surface area contributed by atoms with Gasteiger partial charge in [0.05, 0.1) is 24.9 Å². The maximum atomic E-state index is 12.5. The number of aryl methyl sites for hydroxylation is 1. The lowest BCUT2D eigenvalue weighted by molar-refractivity contribution is -0.115. The number of nitrogens with one attached hydrogen (secondary N) is 1. The summed E-state index contributed by atoms with van der Waals surface area (Å²) in [5, 5.41) is 11.0. The van der Waals surface area contributed by atoms with Crippen LogP contribution in [-0.2, 0) is 17.6 Å². The number of carbonyl (C=O) groups excluding carboxylic acids is 1. The van der Waals surface area contributed by atoms with Gasteiger partial charge in [-0.05, 0) is 43.7 Å². The maximum Gasteiger partial charge on any atom is 0.230 e. The number of amides is 1. The SMILES string of the molecule is COc1cccc(NC(=O)Cc2csc(-n3nc(C)c(Cc4ccc(Cl)cc4)c3C)n2)c1. The fourth-order valence-corrected chi connectivity index (χ4v) is 4.42. The molecule has 0 bridgehead atoms. The molecule has 32 heavy (non-hydrogen) atoms. The second kappa shape index (κ2) is 9.54. The third-order valence-electron chi connectivity index (χ3n) is 5.15. The lowest BCUT2D eigenvalue weighted by Crippen LogP contribution is -2.14. The highest BCUT2D eigenvalue weighted by Crippen LogP contribution is 2.24. The Kier molecular flexibility index (Phi) is 6.58. The van der Waals surface area contributed by atoms with E-state index in [1.807, 2.05) is 66.4 Å². The number of thiazole rings is 1. The minimum Gasteiger partial charge on any atom is -0.497 e. The number of rotatable bonds is 7. The number of nitrogens with zero attached hydrogens (tertiary/aromatic N) is 3. The van der Waals surface area contributed by atoms with Crippen LogP contribution in [0.25, 0.3) is 5.13 Å². The van der Waals surface area contributed by atoms with Crippen LogP contribution in [0.5, 0.6) is 5.75 Å². The van der Waals surface area contributed by atoms with Gasteiger partial charge in [0.2, 0.25) is 11.0 Å². The molecule has 4 aromatic rings. The molecule has 0 aliphatic heterocycles. The Labute approximate surface area is 195 Å². The topological polar surface area (TPSA) is 69.0 Å². The molecule has 0 unspecified atom stereocenters. The van der Waals surface area contributed by atoms with Gasteiger partial charge in [-0.2, -0.15) is 5.10 Å². The zero-order valence-electron chi connectivity index (χ0n) is 18.1. The molecule has 0 atom stereocenters. The van der Waals surface area contributed by atoms with E-state index in [0.717, 1.165) is 28.0 Å². The number of anilines is 1. The molecule has 164 valence electrons. The van der Waals surface area contributed by atoms with E-state index >= 15 is 0 Å². The first-order valence-corrected chi connectivity index (χ1v) is 11.4. The van der Waals surface area contributed by atoms with Crippen molar-refractivity contribution in [1.82, 2.24) is 14.8 Å². The molecule has 4 rings (SSSR count). The molecule has 6 nitrogen and oxygen atoms in total. The number of halogens is 1. The molecule has 0 spiro atoms. The molecule has 0 fully saturated rings. The van der Waals surface area contributed by atoms with E-state index in [9.17, 15) is 4.79 Å². The molecule has 0 radical (unpaired) electrons. The van der Waals surface area contributed by atoms with Gasteiger partial charge in [-0.1, -0.05) is 29.8 Å². The Morgan fingerprint density at radius 3 is 2.72 bits per heavy atom. The van der Waals surface area contributed by atoms with Crippen molar-refractivity contribution >= 4 is 34.5 Å². The number of aromatic nitrogens is 3. The van der Waals surface area contributed by atoms with Crippen molar-refractivity contribution in [1.29, 1.82) is 0 Å². The minimum atomic E-state index is -0.133. The number of methoxy groups -OCH3 is 1. The van der Waals surface area contributed by atoms with Crippen molar-refractivity contribution in [3.63, 3.8) is 0 Å². The van der Waals surface area contributed by atoms with Crippen LogP contribution in [0.1, 0.15) is 28.2 Å². The summed E-state index contributed by atoms with van der Waals surface area (Å²) in [5.74, 6) is 0.560. The third-order valence-corrected chi connectivity index (χ3v) is 6.27. The molecule has 2 aromatic carbocycles. The summed E-state index contributed by atoms with van der Waals surface area (Å²) in [6, 6.07) is 15.1. The van der Waals surface area contributed by atoms with Gasteiger partial charge in [0.1, 0.15) is 5.75 Å². The molecule has 0 aliphatic carbocycles. The number of hydrogen-bond acceptors (Lipinski definition) is 5. The van der Waals surface area contributed by atoms with Crippen molar-refractivity contribution in [3.05, 3.63) is 87.1 Å². The van der Waals surface area contributed by atoms with Crippen molar-refractivity contribution in [2.45, 2.75) is 26.7 Å². The van der Waals surface area contributed by atoms with E-state index in [-0.39, 0.29) is 12.3 Å². The molecule has 0 saturated carbocycles. The first kappa shape index (κ1) is 22.0. The Morgan fingerprint density at radius 2 is 1.97 bits per heavy atom. The van der Waals surface area contributed by atoms with E-state index < -0.39 is 0 Å². The van der Waals surface area contributed by atoms with Crippen LogP contribution in [-0.4, -0.2) is 27.8 Å². The number of carbonyl (C=O) groups is 1. The Hall–Kier alpha value is -3.16. The normalized spacial score (nSPS) is 10.9. The predicted molar refractivity (Wildman–Crippen MR) is 128 cm³/mol. The second-order valence-electron chi connectivity index (χ2n) is 7.44. The van der Waals surface area contributed by atoms with Crippen LogP contribution < -0.4 is 10.1 Å². The van der Waals surface area contributed by atoms with E-state index in [2.05, 4.69) is 10.3 Å². The zero-order valence-corrected chi connectivity index (χ0v) is 19.6. The average Bonchev–Trinajstić information content (AvgIpc) is 3.34. The van der Waals surface area contributed by atoms with Gasteiger partial charge < -0.3 is 10.1 Å². The molecule has 0 aliphatic rings.